The van der Waals surface area contributed by atoms with Crippen molar-refractivity contribution in [1.29, 1.82) is 0 Å². The van der Waals surface area contributed by atoms with Gasteiger partial charge in [0.05, 0.1) is 0 Å². The molecule has 0 spiro atoms. The van der Waals surface area contributed by atoms with Crippen molar-refractivity contribution in [3.8, 4) is 11.5 Å². The number of para-hydroxylation sites is 2. The van der Waals surface area contributed by atoms with Gasteiger partial charge in [-0.3, -0.25) is 0 Å². The summed E-state index contributed by atoms with van der Waals surface area (Å²) in [6, 6.07) is 6.15. The first-order valence-electron chi connectivity index (χ1n) is 2.27. The summed E-state index contributed by atoms with van der Waals surface area (Å²) < 4.78 is 0. The van der Waals surface area contributed by atoms with E-state index >= 15 is 0 Å². The van der Waals surface area contributed by atoms with Gasteiger partial charge >= 0.3 is 24.4 Å². The van der Waals surface area contributed by atoms with Gasteiger partial charge < -0.3 is 10.2 Å². The zero-order valence-corrected chi connectivity index (χ0v) is 8.95. The third kappa shape index (κ3) is 2.15. The molecule has 0 atom stereocenters. The summed E-state index contributed by atoms with van der Waals surface area (Å²) in [5.74, 6) is -0.153. The van der Waals surface area contributed by atoms with Crippen molar-refractivity contribution in [2.45, 2.75) is 0 Å². The van der Waals surface area contributed by atoms with Gasteiger partial charge in [0.15, 0.2) is 11.5 Å². The summed E-state index contributed by atoms with van der Waals surface area (Å²) in [6.45, 7) is 0. The molecule has 2 nitrogen and oxygen atoms in total. The van der Waals surface area contributed by atoms with Crippen molar-refractivity contribution in [2.75, 3.05) is 0 Å². The van der Waals surface area contributed by atoms with E-state index in [0.29, 0.717) is 0 Å². The van der Waals surface area contributed by atoms with Crippen molar-refractivity contribution in [3.05, 3.63) is 24.3 Å². The predicted octanol–water partition coefficient (Wildman–Crippen LogP) is -0.0861. The van der Waals surface area contributed by atoms with Gasteiger partial charge in [-0.2, -0.15) is 0 Å². The molecule has 0 aromatic heterocycles. The molecule has 0 amide bonds. The zero-order chi connectivity index (χ0) is 5.98. The summed E-state index contributed by atoms with van der Waals surface area (Å²) in [5, 5.41) is 17.3. The van der Waals surface area contributed by atoms with Crippen LogP contribution in [0.25, 0.3) is 0 Å². The van der Waals surface area contributed by atoms with Crippen molar-refractivity contribution >= 4 is 24.4 Å². The standard InChI is InChI=1S/C6H6O2.Sb.3H/c7-5-3-1-2-4-6(5)8;;;;/h1-4,7-8H;;;;. The number of aromatic hydroxyl groups is 2. The maximum atomic E-state index is 8.67. The molecular weight excluding hydrogens is 226 g/mol. The van der Waals surface area contributed by atoms with Crippen LogP contribution in [0.5, 0.6) is 11.5 Å². The van der Waals surface area contributed by atoms with E-state index < -0.39 is 0 Å². The van der Waals surface area contributed by atoms with E-state index in [2.05, 4.69) is 0 Å². The Kier molecular flexibility index (Phi) is 3.48. The van der Waals surface area contributed by atoms with Crippen LogP contribution in [-0.4, -0.2) is 34.6 Å². The second kappa shape index (κ2) is 3.62. The van der Waals surface area contributed by atoms with Gasteiger partial charge in [-0.25, -0.2) is 0 Å². The van der Waals surface area contributed by atoms with Crippen LogP contribution in [0.3, 0.4) is 0 Å². The molecule has 50 valence electrons. The van der Waals surface area contributed by atoms with Crippen LogP contribution in [0.4, 0.5) is 0 Å². The monoisotopic (exact) mass is 234 g/mol. The minimum atomic E-state index is -0.0764. The van der Waals surface area contributed by atoms with Gasteiger partial charge in [0.1, 0.15) is 0 Å². The molecule has 0 aliphatic rings. The summed E-state index contributed by atoms with van der Waals surface area (Å²) >= 11 is 0. The van der Waals surface area contributed by atoms with E-state index in [1.54, 1.807) is 12.1 Å². The van der Waals surface area contributed by atoms with Crippen LogP contribution < -0.4 is 0 Å². The van der Waals surface area contributed by atoms with Crippen molar-refractivity contribution < 1.29 is 10.2 Å². The van der Waals surface area contributed by atoms with Gasteiger partial charge in [-0.1, -0.05) is 12.1 Å². The van der Waals surface area contributed by atoms with E-state index in [1.807, 2.05) is 0 Å². The van der Waals surface area contributed by atoms with Crippen LogP contribution in [0, 0.1) is 0 Å². The molecule has 3 heteroatoms. The maximum absolute atomic E-state index is 8.67. The van der Waals surface area contributed by atoms with Gasteiger partial charge in [0.25, 0.3) is 0 Å². The molecule has 0 aliphatic heterocycles. The SMILES string of the molecule is Oc1ccccc1O.[SbH3]. The zero-order valence-electron chi connectivity index (χ0n) is 4.91. The van der Waals surface area contributed by atoms with E-state index in [4.69, 9.17) is 10.2 Å². The molecule has 0 saturated carbocycles. The molecular formula is C6H9O2Sb. The first kappa shape index (κ1) is 8.64. The molecule has 1 aromatic carbocycles. The molecule has 0 unspecified atom stereocenters. The van der Waals surface area contributed by atoms with Gasteiger partial charge in [-0.15, -0.1) is 0 Å². The average Bonchev–Trinajstić information content (AvgIpc) is 1.77. The van der Waals surface area contributed by atoms with Crippen LogP contribution in [-0.2, 0) is 0 Å². The van der Waals surface area contributed by atoms with E-state index in [-0.39, 0.29) is 35.9 Å². The fourth-order valence-electron chi connectivity index (χ4n) is 0.464. The quantitative estimate of drug-likeness (QED) is 0.487. The third-order valence-electron chi connectivity index (χ3n) is 0.882. The number of benzene rings is 1. The summed E-state index contributed by atoms with van der Waals surface area (Å²) in [7, 11) is 0. The molecule has 0 saturated heterocycles. The van der Waals surface area contributed by atoms with Crippen LogP contribution in [0.1, 0.15) is 0 Å². The molecule has 9 heavy (non-hydrogen) atoms. The van der Waals surface area contributed by atoms with Crippen LogP contribution >= 0.6 is 0 Å². The number of hydrogen-bond acceptors (Lipinski definition) is 2. The van der Waals surface area contributed by atoms with E-state index in [0.717, 1.165) is 0 Å². The van der Waals surface area contributed by atoms with E-state index in [9.17, 15) is 0 Å². The molecule has 1 aromatic rings. The Morgan fingerprint density at radius 2 is 1.22 bits per heavy atom. The Morgan fingerprint density at radius 3 is 1.44 bits per heavy atom. The Labute approximate surface area is 70.6 Å². The van der Waals surface area contributed by atoms with Crippen LogP contribution in [0.2, 0.25) is 0 Å². The molecule has 0 radical (unpaired) electrons. The second-order valence-electron chi connectivity index (χ2n) is 1.49. The molecule has 0 bridgehead atoms. The first-order chi connectivity index (χ1) is 3.80. The van der Waals surface area contributed by atoms with Crippen molar-refractivity contribution in [2.24, 2.45) is 0 Å². The topological polar surface area (TPSA) is 40.5 Å². The van der Waals surface area contributed by atoms with Gasteiger partial charge in [-0.05, 0) is 12.1 Å². The fourth-order valence-corrected chi connectivity index (χ4v) is 0.464. The predicted molar refractivity (Wildman–Crippen MR) is 39.7 cm³/mol. The number of rotatable bonds is 0. The number of hydrogen-bond donors (Lipinski definition) is 2. The summed E-state index contributed by atoms with van der Waals surface area (Å²) in [4.78, 5) is 0. The second-order valence-corrected chi connectivity index (χ2v) is 1.49. The molecule has 1 rings (SSSR count). The number of phenolic OH excluding ortho intramolecular Hbond substituents is 2. The Balaban J connectivity index is 0.000000640. The normalized spacial score (nSPS) is 8.00. The van der Waals surface area contributed by atoms with Crippen LogP contribution in [0.15, 0.2) is 24.3 Å². The van der Waals surface area contributed by atoms with E-state index in [1.165, 1.54) is 12.1 Å². The minimum absolute atomic E-state index is 0. The van der Waals surface area contributed by atoms with Gasteiger partial charge in [0, 0.05) is 0 Å². The summed E-state index contributed by atoms with van der Waals surface area (Å²) in [5.41, 5.74) is 0. The summed E-state index contributed by atoms with van der Waals surface area (Å²) in [6.07, 6.45) is 0. The Morgan fingerprint density at radius 1 is 0.889 bits per heavy atom. The average molecular weight is 235 g/mol. The van der Waals surface area contributed by atoms with Gasteiger partial charge in [0.2, 0.25) is 0 Å². The molecule has 0 heterocycles. The fraction of sp³-hybridized carbons (Fsp3) is 0. The Bertz CT molecular complexity index is 167. The molecule has 0 fully saturated rings. The molecule has 0 aliphatic carbocycles. The first-order valence-corrected chi connectivity index (χ1v) is 2.27. The molecule has 2 N–H and O–H groups in total. The third-order valence-corrected chi connectivity index (χ3v) is 0.882. The van der Waals surface area contributed by atoms with Crippen molar-refractivity contribution in [3.63, 3.8) is 0 Å². The Hall–Kier alpha value is -0.362. The number of phenols is 2. The van der Waals surface area contributed by atoms with Crippen molar-refractivity contribution in [1.82, 2.24) is 0 Å².